The minimum absolute atomic E-state index is 0.109. The summed E-state index contributed by atoms with van der Waals surface area (Å²) >= 11 is 0. The molecular weight excluding hydrogens is 479 g/mol. The molecule has 2 aliphatic heterocycles. The zero-order valence-corrected chi connectivity index (χ0v) is 21.3. The van der Waals surface area contributed by atoms with Gasteiger partial charge >= 0.3 is 0 Å². The van der Waals surface area contributed by atoms with Crippen LogP contribution in [0.2, 0.25) is 0 Å². The van der Waals surface area contributed by atoms with Crippen molar-refractivity contribution in [3.63, 3.8) is 0 Å². The van der Waals surface area contributed by atoms with Crippen LogP contribution in [0.3, 0.4) is 0 Å². The van der Waals surface area contributed by atoms with E-state index in [1.54, 1.807) is 19.2 Å². The Hall–Kier alpha value is -3.34. The summed E-state index contributed by atoms with van der Waals surface area (Å²) in [7, 11) is 3.05. The lowest BCUT2D eigenvalue weighted by atomic mass is 9.98. The lowest BCUT2D eigenvalue weighted by molar-refractivity contribution is -0.143. The normalized spacial score (nSPS) is 18.0. The molecule has 0 N–H and O–H groups in total. The van der Waals surface area contributed by atoms with E-state index in [1.165, 1.54) is 29.2 Å². The van der Waals surface area contributed by atoms with Crippen LogP contribution < -0.4 is 4.74 Å². The summed E-state index contributed by atoms with van der Waals surface area (Å²) in [5.74, 6) is -0.190. The van der Waals surface area contributed by atoms with Gasteiger partial charge in [0.2, 0.25) is 5.91 Å². The first-order chi connectivity index (χ1) is 18.0. The smallest absolute Gasteiger partial charge is 0.262 e. The van der Waals surface area contributed by atoms with Gasteiger partial charge in [-0.25, -0.2) is 9.40 Å². The second-order valence-corrected chi connectivity index (χ2v) is 8.99. The molecule has 0 bridgehead atoms. The summed E-state index contributed by atoms with van der Waals surface area (Å²) in [5, 5.41) is 6.09. The topological polar surface area (TPSA) is 83.9 Å². The van der Waals surface area contributed by atoms with Crippen molar-refractivity contribution >= 4 is 17.5 Å². The van der Waals surface area contributed by atoms with Crippen molar-refractivity contribution in [3.8, 4) is 5.75 Å². The predicted molar refractivity (Wildman–Crippen MR) is 136 cm³/mol. The summed E-state index contributed by atoms with van der Waals surface area (Å²) in [6.07, 6.45) is 0.462. The Kier molecular flexibility index (Phi) is 9.21. The van der Waals surface area contributed by atoms with Gasteiger partial charge in [0.25, 0.3) is 5.91 Å². The third kappa shape index (κ3) is 6.91. The molecule has 4 rings (SSSR count). The average Bonchev–Trinajstić information content (AvgIpc) is 3.38. The molecule has 1 fully saturated rings. The number of amides is 2. The molecule has 1 saturated heterocycles. The number of rotatable bonds is 10. The van der Waals surface area contributed by atoms with E-state index in [1.807, 2.05) is 24.3 Å². The van der Waals surface area contributed by atoms with E-state index in [4.69, 9.17) is 14.2 Å². The van der Waals surface area contributed by atoms with Crippen LogP contribution >= 0.6 is 0 Å². The lowest BCUT2D eigenvalue weighted by Gasteiger charge is -2.31. The van der Waals surface area contributed by atoms with Crippen molar-refractivity contribution < 1.29 is 28.2 Å². The van der Waals surface area contributed by atoms with Gasteiger partial charge in [-0.05, 0) is 35.4 Å². The second-order valence-electron chi connectivity index (χ2n) is 8.99. The molecule has 37 heavy (non-hydrogen) atoms. The Balaban J connectivity index is 1.55. The number of hydrogen-bond donors (Lipinski definition) is 0. The van der Waals surface area contributed by atoms with Gasteiger partial charge in [0.15, 0.2) is 0 Å². The minimum atomic E-state index is -0.364. The zero-order chi connectivity index (χ0) is 26.2. The van der Waals surface area contributed by atoms with E-state index in [2.05, 4.69) is 10.0 Å². The minimum Gasteiger partial charge on any atom is -0.497 e. The van der Waals surface area contributed by atoms with E-state index >= 15 is 0 Å². The van der Waals surface area contributed by atoms with E-state index in [0.29, 0.717) is 44.2 Å². The summed E-state index contributed by atoms with van der Waals surface area (Å²) in [5.41, 5.74) is 2.31. The molecule has 0 radical (unpaired) electrons. The largest absolute Gasteiger partial charge is 0.497 e. The van der Waals surface area contributed by atoms with Gasteiger partial charge in [-0.3, -0.25) is 14.5 Å². The van der Waals surface area contributed by atoms with E-state index in [-0.39, 0.29) is 36.8 Å². The highest BCUT2D eigenvalue weighted by Gasteiger charge is 2.34. The first-order valence-corrected chi connectivity index (χ1v) is 12.3. The number of hydrogen-bond acceptors (Lipinski definition) is 7. The van der Waals surface area contributed by atoms with Crippen molar-refractivity contribution in [1.29, 1.82) is 0 Å². The van der Waals surface area contributed by atoms with Gasteiger partial charge in [0, 0.05) is 39.7 Å². The van der Waals surface area contributed by atoms with Crippen LogP contribution in [0, 0.1) is 5.82 Å². The third-order valence-electron chi connectivity index (χ3n) is 6.58. The average molecular weight is 513 g/mol. The molecule has 0 spiro atoms. The maximum Gasteiger partial charge on any atom is 0.262 e. The molecule has 9 nitrogen and oxygen atoms in total. The number of carbonyl (C=O) groups is 2. The number of methoxy groups -OCH3 is 2. The molecule has 2 amide bonds. The van der Waals surface area contributed by atoms with Gasteiger partial charge in [-0.15, -0.1) is 0 Å². The Bertz CT molecular complexity index is 1090. The molecule has 2 heterocycles. The number of ether oxygens (including phenoxy) is 3. The van der Waals surface area contributed by atoms with Crippen molar-refractivity contribution in [1.82, 2.24) is 14.8 Å². The second kappa shape index (κ2) is 12.8. The Morgan fingerprint density at radius 1 is 1.08 bits per heavy atom. The zero-order valence-electron chi connectivity index (χ0n) is 21.3. The SMILES string of the molecule is COCC(=O)N(CCN1CCOCC1)CC(=O)N1N=C(c2ccc(F)cc2)C[C@@H]1c1ccc(OC)cc1. The van der Waals surface area contributed by atoms with Gasteiger partial charge in [-0.2, -0.15) is 5.10 Å². The van der Waals surface area contributed by atoms with E-state index in [9.17, 15) is 14.0 Å². The third-order valence-corrected chi connectivity index (χ3v) is 6.58. The van der Waals surface area contributed by atoms with Crippen molar-refractivity contribution in [2.75, 3.05) is 66.8 Å². The molecule has 2 aromatic rings. The number of carbonyl (C=O) groups excluding carboxylic acids is 2. The molecule has 2 aliphatic rings. The molecule has 0 unspecified atom stereocenters. The number of halogens is 1. The summed E-state index contributed by atoms with van der Waals surface area (Å²) in [4.78, 5) is 30.2. The molecule has 0 aliphatic carbocycles. The quantitative estimate of drug-likeness (QED) is 0.486. The standard InChI is InChI=1S/C27H33FN4O5/c1-35-19-27(34)31(12-11-30-13-15-37-16-14-30)18-26(33)32-25(21-5-9-23(36-2)10-6-21)17-24(29-32)20-3-7-22(28)8-4-20/h3-10,25H,11-19H2,1-2H3/t25-/m1/s1. The fourth-order valence-corrected chi connectivity index (χ4v) is 4.47. The van der Waals surface area contributed by atoms with E-state index < -0.39 is 0 Å². The Labute approximate surface area is 216 Å². The fourth-order valence-electron chi connectivity index (χ4n) is 4.47. The number of hydrazone groups is 1. The highest BCUT2D eigenvalue weighted by Crippen LogP contribution is 2.33. The maximum atomic E-state index is 13.6. The van der Waals surface area contributed by atoms with Crippen LogP contribution in [0.15, 0.2) is 53.6 Å². The Morgan fingerprint density at radius 2 is 1.78 bits per heavy atom. The van der Waals surface area contributed by atoms with Crippen LogP contribution in [0.5, 0.6) is 5.75 Å². The molecular formula is C27H33FN4O5. The number of nitrogens with zero attached hydrogens (tertiary/aromatic N) is 4. The molecule has 10 heteroatoms. The van der Waals surface area contributed by atoms with Crippen LogP contribution in [0.25, 0.3) is 0 Å². The molecule has 198 valence electrons. The highest BCUT2D eigenvalue weighted by molar-refractivity contribution is 6.03. The van der Waals surface area contributed by atoms with Crippen molar-refractivity contribution in [2.45, 2.75) is 12.5 Å². The Morgan fingerprint density at radius 3 is 2.43 bits per heavy atom. The fraction of sp³-hybridized carbons (Fsp3) is 0.444. The highest BCUT2D eigenvalue weighted by atomic mass is 19.1. The van der Waals surface area contributed by atoms with Crippen LogP contribution in [0.4, 0.5) is 4.39 Å². The van der Waals surface area contributed by atoms with Crippen molar-refractivity contribution in [3.05, 3.63) is 65.5 Å². The molecule has 2 aromatic carbocycles. The number of benzene rings is 2. The van der Waals surface area contributed by atoms with Gasteiger partial charge in [0.1, 0.15) is 24.7 Å². The van der Waals surface area contributed by atoms with Crippen LogP contribution in [0.1, 0.15) is 23.6 Å². The van der Waals surface area contributed by atoms with Crippen molar-refractivity contribution in [2.24, 2.45) is 5.10 Å². The first-order valence-electron chi connectivity index (χ1n) is 12.3. The summed E-state index contributed by atoms with van der Waals surface area (Å²) in [6.45, 7) is 3.68. The predicted octanol–water partition coefficient (Wildman–Crippen LogP) is 2.32. The monoisotopic (exact) mass is 512 g/mol. The summed E-state index contributed by atoms with van der Waals surface area (Å²) < 4.78 is 29.2. The van der Waals surface area contributed by atoms with Gasteiger partial charge in [-0.1, -0.05) is 24.3 Å². The van der Waals surface area contributed by atoms with Crippen LogP contribution in [-0.4, -0.2) is 99.1 Å². The van der Waals surface area contributed by atoms with E-state index in [0.717, 1.165) is 24.2 Å². The first kappa shape index (κ1) is 26.7. The van der Waals surface area contributed by atoms with Crippen LogP contribution in [-0.2, 0) is 19.1 Å². The summed E-state index contributed by atoms with van der Waals surface area (Å²) in [6, 6.07) is 13.2. The molecule has 1 atom stereocenters. The van der Waals surface area contributed by atoms with Gasteiger partial charge < -0.3 is 19.1 Å². The number of morpholine rings is 1. The van der Waals surface area contributed by atoms with Gasteiger partial charge in [0.05, 0.1) is 32.1 Å². The lowest BCUT2D eigenvalue weighted by Crippen LogP contribution is -2.47. The molecule has 0 saturated carbocycles. The molecule has 0 aromatic heterocycles. The maximum absolute atomic E-state index is 13.6.